The fourth-order valence-electron chi connectivity index (χ4n) is 1.92. The summed E-state index contributed by atoms with van der Waals surface area (Å²) in [4.78, 5) is 12.8. The molecule has 0 saturated carbocycles. The number of aryl methyl sites for hydroxylation is 1. The number of carbonyl (C=O) groups is 1. The van der Waals surface area contributed by atoms with E-state index in [2.05, 4.69) is 0 Å². The Kier molecular flexibility index (Phi) is 5.16. The third-order valence-electron chi connectivity index (χ3n) is 3.15. The number of carboxylic acids is 1. The first-order valence-corrected chi connectivity index (χ1v) is 5.95. The van der Waals surface area contributed by atoms with E-state index in [1.54, 1.807) is 7.11 Å². The van der Waals surface area contributed by atoms with Crippen molar-refractivity contribution in [3.8, 4) is 5.75 Å². The minimum Gasteiger partial charge on any atom is -0.497 e. The molecule has 1 rings (SSSR count). The maximum Gasteiger partial charge on any atom is 0.304 e. The lowest BCUT2D eigenvalue weighted by Gasteiger charge is -2.23. The molecule has 0 amide bonds. The van der Waals surface area contributed by atoms with E-state index in [9.17, 15) is 4.79 Å². The van der Waals surface area contributed by atoms with Crippen molar-refractivity contribution in [1.29, 1.82) is 0 Å². The van der Waals surface area contributed by atoms with Crippen molar-refractivity contribution in [1.82, 2.24) is 4.90 Å². The zero-order chi connectivity index (χ0) is 13.7. The number of hydrogen-bond donors (Lipinski definition) is 1. The largest absolute Gasteiger partial charge is 0.497 e. The Labute approximate surface area is 108 Å². The van der Waals surface area contributed by atoms with Crippen LogP contribution in [0.5, 0.6) is 5.75 Å². The highest BCUT2D eigenvalue weighted by Gasteiger charge is 2.17. The molecular formula is C14H21NO3. The average molecular weight is 251 g/mol. The first-order valence-electron chi connectivity index (χ1n) is 5.95. The maximum absolute atomic E-state index is 10.8. The quantitative estimate of drug-likeness (QED) is 0.839. The van der Waals surface area contributed by atoms with Gasteiger partial charge in [-0.05, 0) is 50.7 Å². The van der Waals surface area contributed by atoms with Crippen molar-refractivity contribution < 1.29 is 14.6 Å². The fourth-order valence-corrected chi connectivity index (χ4v) is 1.92. The van der Waals surface area contributed by atoms with Gasteiger partial charge in [0, 0.05) is 6.04 Å². The van der Waals surface area contributed by atoms with Gasteiger partial charge in [-0.25, -0.2) is 0 Å². The van der Waals surface area contributed by atoms with E-state index < -0.39 is 5.97 Å². The van der Waals surface area contributed by atoms with Crippen molar-refractivity contribution in [3.63, 3.8) is 0 Å². The van der Waals surface area contributed by atoms with Crippen LogP contribution in [0, 0.1) is 6.92 Å². The summed E-state index contributed by atoms with van der Waals surface area (Å²) in [5.74, 6) is 0.0655. The molecule has 1 N–H and O–H groups in total. The van der Waals surface area contributed by atoms with Gasteiger partial charge < -0.3 is 14.7 Å². The Morgan fingerprint density at radius 1 is 1.44 bits per heavy atom. The Hall–Kier alpha value is -1.55. The molecular weight excluding hydrogens is 230 g/mol. The van der Waals surface area contributed by atoms with Crippen molar-refractivity contribution in [2.75, 3.05) is 21.2 Å². The van der Waals surface area contributed by atoms with Gasteiger partial charge in [-0.15, -0.1) is 0 Å². The lowest BCUT2D eigenvalue weighted by molar-refractivity contribution is -0.138. The predicted octanol–water partition coefficient (Wildman–Crippen LogP) is 1.95. The fraction of sp³-hybridized carbons (Fsp3) is 0.500. The molecule has 0 heterocycles. The molecule has 1 aromatic rings. The van der Waals surface area contributed by atoms with Gasteiger partial charge in [0.1, 0.15) is 5.75 Å². The van der Waals surface area contributed by atoms with Gasteiger partial charge in [0.25, 0.3) is 0 Å². The van der Waals surface area contributed by atoms with Gasteiger partial charge >= 0.3 is 5.97 Å². The average Bonchev–Trinajstić information content (AvgIpc) is 2.29. The Balaban J connectivity index is 2.83. The van der Waals surface area contributed by atoms with E-state index in [1.165, 1.54) is 0 Å². The molecule has 100 valence electrons. The highest BCUT2D eigenvalue weighted by Crippen LogP contribution is 2.19. The molecule has 0 aliphatic carbocycles. The van der Waals surface area contributed by atoms with Crippen LogP contribution in [0.2, 0.25) is 0 Å². The van der Waals surface area contributed by atoms with Crippen LogP contribution in [0.25, 0.3) is 0 Å². The molecule has 0 spiro atoms. The molecule has 0 aliphatic heterocycles. The number of nitrogens with zero attached hydrogens (tertiary/aromatic N) is 1. The number of rotatable bonds is 6. The Bertz CT molecular complexity index is 416. The van der Waals surface area contributed by atoms with E-state index in [-0.39, 0.29) is 12.5 Å². The SMILES string of the molecule is COc1ccc(CC(CC(=O)O)N(C)C)c(C)c1. The van der Waals surface area contributed by atoms with Crippen molar-refractivity contribution in [2.24, 2.45) is 0 Å². The number of aliphatic carboxylic acids is 1. The third-order valence-corrected chi connectivity index (χ3v) is 3.15. The van der Waals surface area contributed by atoms with Gasteiger partial charge in [0.05, 0.1) is 13.5 Å². The third kappa shape index (κ3) is 4.04. The molecule has 1 aromatic carbocycles. The van der Waals surface area contributed by atoms with Crippen LogP contribution < -0.4 is 4.74 Å². The van der Waals surface area contributed by atoms with Gasteiger partial charge in [-0.2, -0.15) is 0 Å². The molecule has 4 heteroatoms. The van der Waals surface area contributed by atoms with Crippen LogP contribution in [0.1, 0.15) is 17.5 Å². The summed E-state index contributed by atoms with van der Waals surface area (Å²) in [6.45, 7) is 2.02. The molecule has 0 radical (unpaired) electrons. The smallest absolute Gasteiger partial charge is 0.304 e. The predicted molar refractivity (Wildman–Crippen MR) is 71.2 cm³/mol. The lowest BCUT2D eigenvalue weighted by atomic mass is 9.98. The summed E-state index contributed by atoms with van der Waals surface area (Å²) in [7, 11) is 5.46. The van der Waals surface area contributed by atoms with E-state index in [0.29, 0.717) is 0 Å². The van der Waals surface area contributed by atoms with Crippen molar-refractivity contribution >= 4 is 5.97 Å². The number of ether oxygens (including phenoxy) is 1. The number of carboxylic acid groups (broad SMARTS) is 1. The molecule has 4 nitrogen and oxygen atoms in total. The summed E-state index contributed by atoms with van der Waals surface area (Å²) in [5.41, 5.74) is 2.29. The summed E-state index contributed by atoms with van der Waals surface area (Å²) in [6.07, 6.45) is 0.883. The lowest BCUT2D eigenvalue weighted by Crippen LogP contribution is -2.32. The van der Waals surface area contributed by atoms with Crippen LogP contribution in [0.4, 0.5) is 0 Å². The maximum atomic E-state index is 10.8. The van der Waals surface area contributed by atoms with E-state index in [0.717, 1.165) is 23.3 Å². The van der Waals surface area contributed by atoms with Gasteiger partial charge in [-0.1, -0.05) is 6.07 Å². The van der Waals surface area contributed by atoms with E-state index >= 15 is 0 Å². The standard InChI is InChI=1S/C14H21NO3/c1-10-7-13(18-4)6-5-11(10)8-12(15(2)3)9-14(16)17/h5-7,12H,8-9H2,1-4H3,(H,16,17). The first-order chi connectivity index (χ1) is 8.43. The summed E-state index contributed by atoms with van der Waals surface area (Å²) >= 11 is 0. The molecule has 1 atom stereocenters. The second-order valence-corrected chi connectivity index (χ2v) is 4.71. The highest BCUT2D eigenvalue weighted by atomic mass is 16.5. The van der Waals surface area contributed by atoms with E-state index in [1.807, 2.05) is 44.1 Å². The van der Waals surface area contributed by atoms with Crippen molar-refractivity contribution in [3.05, 3.63) is 29.3 Å². The number of methoxy groups -OCH3 is 1. The molecule has 0 fully saturated rings. The molecule has 18 heavy (non-hydrogen) atoms. The molecule has 0 aliphatic rings. The van der Waals surface area contributed by atoms with Crippen LogP contribution >= 0.6 is 0 Å². The summed E-state index contributed by atoms with van der Waals surface area (Å²) in [6, 6.07) is 5.90. The zero-order valence-electron chi connectivity index (χ0n) is 11.4. The minimum absolute atomic E-state index is 0.00888. The van der Waals surface area contributed by atoms with E-state index in [4.69, 9.17) is 9.84 Å². The monoisotopic (exact) mass is 251 g/mol. The number of likely N-dealkylation sites (N-methyl/N-ethyl adjacent to an activating group) is 1. The molecule has 1 unspecified atom stereocenters. The number of benzene rings is 1. The highest BCUT2D eigenvalue weighted by molar-refractivity contribution is 5.67. The topological polar surface area (TPSA) is 49.8 Å². The summed E-state index contributed by atoms with van der Waals surface area (Å²) in [5, 5.41) is 8.92. The first kappa shape index (κ1) is 14.5. The molecule has 0 bridgehead atoms. The van der Waals surface area contributed by atoms with Crippen LogP contribution in [-0.2, 0) is 11.2 Å². The number of hydrogen-bond acceptors (Lipinski definition) is 3. The van der Waals surface area contributed by atoms with Gasteiger partial charge in [-0.3, -0.25) is 4.79 Å². The van der Waals surface area contributed by atoms with Gasteiger partial charge in [0.15, 0.2) is 0 Å². The molecule has 0 aromatic heterocycles. The van der Waals surface area contributed by atoms with Crippen LogP contribution in [0.15, 0.2) is 18.2 Å². The normalized spacial score (nSPS) is 12.5. The second kappa shape index (κ2) is 6.40. The zero-order valence-corrected chi connectivity index (χ0v) is 11.4. The second-order valence-electron chi connectivity index (χ2n) is 4.71. The minimum atomic E-state index is -0.764. The Morgan fingerprint density at radius 3 is 2.56 bits per heavy atom. The van der Waals surface area contributed by atoms with Crippen LogP contribution in [-0.4, -0.2) is 43.2 Å². The van der Waals surface area contributed by atoms with Gasteiger partial charge in [0.2, 0.25) is 0 Å². The molecule has 0 saturated heterocycles. The van der Waals surface area contributed by atoms with Crippen LogP contribution in [0.3, 0.4) is 0 Å². The Morgan fingerprint density at radius 2 is 2.11 bits per heavy atom. The summed E-state index contributed by atoms with van der Waals surface area (Å²) < 4.78 is 5.16. The van der Waals surface area contributed by atoms with Crippen molar-refractivity contribution in [2.45, 2.75) is 25.8 Å².